The molecule has 2 aliphatic rings. The first kappa shape index (κ1) is 18.1. The quantitative estimate of drug-likeness (QED) is 0.820. The molecule has 1 fully saturated rings. The van der Waals surface area contributed by atoms with Crippen LogP contribution in [-0.4, -0.2) is 54.5 Å². The van der Waals surface area contributed by atoms with Crippen molar-refractivity contribution in [2.24, 2.45) is 0 Å². The molecule has 0 N–H and O–H groups in total. The van der Waals surface area contributed by atoms with E-state index >= 15 is 0 Å². The Morgan fingerprint density at radius 2 is 1.56 bits per heavy atom. The number of carbonyl (C=O) groups is 1. The van der Waals surface area contributed by atoms with E-state index in [0.717, 1.165) is 43.1 Å². The fourth-order valence-corrected chi connectivity index (χ4v) is 4.55. The molecule has 1 unspecified atom stereocenters. The molecule has 2 aliphatic heterocycles. The number of likely N-dealkylation sites (N-methyl/N-ethyl adjacent to an activating group) is 1. The van der Waals surface area contributed by atoms with E-state index in [-0.39, 0.29) is 5.91 Å². The maximum absolute atomic E-state index is 14.1. The second kappa shape index (κ2) is 6.68. The number of amides is 1. The number of nitrogens with zero attached hydrogens (tertiary/aromatic N) is 2. The largest absolute Gasteiger partial charge is 0.487 e. The molecular formula is C23H28N2O2. The number of para-hydroxylation sites is 1. The minimum absolute atomic E-state index is 0.200. The van der Waals surface area contributed by atoms with Crippen molar-refractivity contribution in [3.63, 3.8) is 0 Å². The van der Waals surface area contributed by atoms with E-state index in [1.54, 1.807) is 0 Å². The van der Waals surface area contributed by atoms with Gasteiger partial charge in [0.25, 0.3) is 0 Å². The van der Waals surface area contributed by atoms with E-state index in [1.807, 2.05) is 41.3 Å². The molecule has 2 aromatic carbocycles. The minimum atomic E-state index is -0.713. The summed E-state index contributed by atoms with van der Waals surface area (Å²) in [7, 11) is 2.11. The van der Waals surface area contributed by atoms with Crippen LogP contribution >= 0.6 is 0 Å². The molecule has 4 heteroatoms. The number of carbonyl (C=O) groups excluding carboxylic acids is 1. The van der Waals surface area contributed by atoms with Gasteiger partial charge in [-0.2, -0.15) is 0 Å². The number of benzene rings is 2. The fourth-order valence-electron chi connectivity index (χ4n) is 4.55. The summed E-state index contributed by atoms with van der Waals surface area (Å²) < 4.78 is 6.27. The summed E-state index contributed by atoms with van der Waals surface area (Å²) in [5.41, 5.74) is 0.902. The molecule has 1 saturated heterocycles. The van der Waals surface area contributed by atoms with E-state index in [9.17, 15) is 4.79 Å². The Bertz CT molecular complexity index is 825. The molecule has 0 saturated carbocycles. The summed E-state index contributed by atoms with van der Waals surface area (Å²) in [6, 6.07) is 18.3. The van der Waals surface area contributed by atoms with Crippen LogP contribution in [0.2, 0.25) is 0 Å². The maximum Gasteiger partial charge on any atom is 0.238 e. The maximum atomic E-state index is 14.1. The van der Waals surface area contributed by atoms with Gasteiger partial charge in [-0.25, -0.2) is 0 Å². The SMILES string of the molecule is CN1CCN(C(=O)C2(c3ccccc3)CC(C)(C)Oc3ccccc32)CC1. The molecule has 4 rings (SSSR count). The molecule has 0 aliphatic carbocycles. The number of hydrogen-bond acceptors (Lipinski definition) is 3. The summed E-state index contributed by atoms with van der Waals surface area (Å²) in [6.45, 7) is 7.53. The number of hydrogen-bond donors (Lipinski definition) is 0. The zero-order valence-corrected chi connectivity index (χ0v) is 16.4. The van der Waals surface area contributed by atoms with Crippen molar-refractivity contribution in [2.45, 2.75) is 31.3 Å². The number of ether oxygens (including phenoxy) is 1. The molecular weight excluding hydrogens is 336 g/mol. The van der Waals surface area contributed by atoms with E-state index < -0.39 is 11.0 Å². The summed E-state index contributed by atoms with van der Waals surface area (Å²) >= 11 is 0. The molecule has 2 heterocycles. The summed E-state index contributed by atoms with van der Waals surface area (Å²) in [5, 5.41) is 0. The van der Waals surface area contributed by atoms with Gasteiger partial charge in [-0.05, 0) is 32.5 Å². The van der Waals surface area contributed by atoms with Gasteiger partial charge >= 0.3 is 0 Å². The van der Waals surface area contributed by atoms with Crippen LogP contribution in [0.15, 0.2) is 54.6 Å². The number of rotatable bonds is 2. The molecule has 0 spiro atoms. The molecule has 0 radical (unpaired) electrons. The molecule has 1 atom stereocenters. The Kier molecular flexibility index (Phi) is 4.47. The number of fused-ring (bicyclic) bond motifs is 1. The summed E-state index contributed by atoms with van der Waals surface area (Å²) in [6.07, 6.45) is 0.631. The van der Waals surface area contributed by atoms with Gasteiger partial charge in [0.1, 0.15) is 16.8 Å². The molecule has 4 nitrogen and oxygen atoms in total. The lowest BCUT2D eigenvalue weighted by Gasteiger charge is -2.48. The van der Waals surface area contributed by atoms with Crippen LogP contribution in [0.3, 0.4) is 0 Å². The summed E-state index contributed by atoms with van der Waals surface area (Å²) in [4.78, 5) is 18.4. The Morgan fingerprint density at radius 3 is 2.26 bits per heavy atom. The van der Waals surface area contributed by atoms with Crippen molar-refractivity contribution < 1.29 is 9.53 Å². The average Bonchev–Trinajstić information content (AvgIpc) is 2.67. The van der Waals surface area contributed by atoms with Gasteiger partial charge in [0.05, 0.1) is 0 Å². The van der Waals surface area contributed by atoms with Crippen LogP contribution in [-0.2, 0) is 10.2 Å². The lowest BCUT2D eigenvalue weighted by Crippen LogP contribution is -2.58. The standard InChI is InChI=1S/C23H28N2O2/c1-22(2)17-23(18-9-5-4-6-10-18,19-11-7-8-12-20(19)27-22)21(26)25-15-13-24(3)14-16-25/h4-12H,13-17H2,1-3H3. The van der Waals surface area contributed by atoms with Crippen LogP contribution in [0, 0.1) is 0 Å². The van der Waals surface area contributed by atoms with Crippen molar-refractivity contribution >= 4 is 5.91 Å². The predicted octanol–water partition coefficient (Wildman–Crippen LogP) is 3.31. The summed E-state index contributed by atoms with van der Waals surface area (Å²) in [5.74, 6) is 1.02. The molecule has 2 aromatic rings. The molecule has 27 heavy (non-hydrogen) atoms. The highest BCUT2D eigenvalue weighted by Gasteiger charge is 2.53. The van der Waals surface area contributed by atoms with Crippen molar-refractivity contribution in [1.82, 2.24) is 9.80 Å². The first-order chi connectivity index (χ1) is 12.9. The van der Waals surface area contributed by atoms with Crippen molar-refractivity contribution in [2.75, 3.05) is 33.2 Å². The second-order valence-corrected chi connectivity index (χ2v) is 8.40. The van der Waals surface area contributed by atoms with Crippen LogP contribution in [0.25, 0.3) is 0 Å². The van der Waals surface area contributed by atoms with E-state index in [0.29, 0.717) is 6.42 Å². The smallest absolute Gasteiger partial charge is 0.238 e. The van der Waals surface area contributed by atoms with Gasteiger partial charge in [-0.3, -0.25) is 4.79 Å². The van der Waals surface area contributed by atoms with Gasteiger partial charge in [-0.1, -0.05) is 48.5 Å². The molecule has 1 amide bonds. The molecule has 0 bridgehead atoms. The third-order valence-corrected chi connectivity index (χ3v) is 5.85. The minimum Gasteiger partial charge on any atom is -0.487 e. The van der Waals surface area contributed by atoms with E-state index in [2.05, 4.69) is 44.0 Å². The Balaban J connectivity index is 1.89. The Morgan fingerprint density at radius 1 is 0.926 bits per heavy atom. The first-order valence-corrected chi connectivity index (χ1v) is 9.74. The average molecular weight is 364 g/mol. The van der Waals surface area contributed by atoms with Gasteiger partial charge in [0.2, 0.25) is 5.91 Å². The van der Waals surface area contributed by atoms with E-state index in [4.69, 9.17) is 4.74 Å². The predicted molar refractivity (Wildman–Crippen MR) is 107 cm³/mol. The van der Waals surface area contributed by atoms with Gasteiger partial charge in [-0.15, -0.1) is 0 Å². The lowest BCUT2D eigenvalue weighted by molar-refractivity contribution is -0.140. The van der Waals surface area contributed by atoms with Gasteiger partial charge < -0.3 is 14.5 Å². The zero-order chi connectivity index (χ0) is 19.1. The monoisotopic (exact) mass is 364 g/mol. The Hall–Kier alpha value is -2.33. The van der Waals surface area contributed by atoms with Crippen LogP contribution in [0.4, 0.5) is 0 Å². The van der Waals surface area contributed by atoms with Gasteiger partial charge in [0.15, 0.2) is 0 Å². The topological polar surface area (TPSA) is 32.8 Å². The first-order valence-electron chi connectivity index (χ1n) is 9.74. The van der Waals surface area contributed by atoms with Crippen molar-refractivity contribution in [1.29, 1.82) is 0 Å². The van der Waals surface area contributed by atoms with Crippen molar-refractivity contribution in [3.05, 3.63) is 65.7 Å². The third-order valence-electron chi connectivity index (χ3n) is 5.85. The van der Waals surface area contributed by atoms with E-state index in [1.165, 1.54) is 0 Å². The van der Waals surface area contributed by atoms with Crippen molar-refractivity contribution in [3.8, 4) is 5.75 Å². The fraction of sp³-hybridized carbons (Fsp3) is 0.435. The zero-order valence-electron chi connectivity index (χ0n) is 16.4. The highest BCUT2D eigenvalue weighted by atomic mass is 16.5. The highest BCUT2D eigenvalue weighted by Crippen LogP contribution is 2.49. The number of piperazine rings is 1. The second-order valence-electron chi connectivity index (χ2n) is 8.40. The Labute approximate surface area is 161 Å². The van der Waals surface area contributed by atoms with Crippen LogP contribution in [0.5, 0.6) is 5.75 Å². The molecule has 0 aromatic heterocycles. The highest BCUT2D eigenvalue weighted by molar-refractivity contribution is 5.93. The lowest BCUT2D eigenvalue weighted by atomic mass is 9.65. The molecule has 142 valence electrons. The van der Waals surface area contributed by atoms with Crippen LogP contribution < -0.4 is 4.74 Å². The van der Waals surface area contributed by atoms with Crippen LogP contribution in [0.1, 0.15) is 31.4 Å². The third kappa shape index (κ3) is 3.12. The van der Waals surface area contributed by atoms with Gasteiger partial charge in [0, 0.05) is 38.2 Å². The normalized spacial score (nSPS) is 24.8.